The van der Waals surface area contributed by atoms with Crippen LogP contribution in [0.15, 0.2) is 42.7 Å². The molecule has 0 fully saturated rings. The van der Waals surface area contributed by atoms with Crippen molar-refractivity contribution in [3.8, 4) is 17.6 Å². The number of nitriles is 1. The van der Waals surface area contributed by atoms with Crippen LogP contribution in [-0.4, -0.2) is 12.1 Å². The molecule has 0 unspecified atom stereocenters. The summed E-state index contributed by atoms with van der Waals surface area (Å²) in [6, 6.07) is 11.0. The standard InChI is InChI=1S/C14H12N2O2/c1-17-14-5-4-11(8-15)7-12(14)10-18-13-3-2-6-16-9-13/h2-7,9H,10H2,1H3. The minimum atomic E-state index is 0.338. The molecule has 0 aliphatic heterocycles. The van der Waals surface area contributed by atoms with Gasteiger partial charge < -0.3 is 9.47 Å². The Hall–Kier alpha value is -2.54. The van der Waals surface area contributed by atoms with Crippen LogP contribution >= 0.6 is 0 Å². The maximum atomic E-state index is 8.87. The average molecular weight is 240 g/mol. The average Bonchev–Trinajstić information content (AvgIpc) is 2.45. The highest BCUT2D eigenvalue weighted by atomic mass is 16.5. The largest absolute Gasteiger partial charge is 0.496 e. The second-order valence-electron chi connectivity index (χ2n) is 3.62. The van der Waals surface area contributed by atoms with Crippen LogP contribution in [0.5, 0.6) is 11.5 Å². The van der Waals surface area contributed by atoms with Crippen molar-refractivity contribution < 1.29 is 9.47 Å². The van der Waals surface area contributed by atoms with Crippen molar-refractivity contribution in [1.82, 2.24) is 4.98 Å². The van der Waals surface area contributed by atoms with Gasteiger partial charge in [-0.25, -0.2) is 0 Å². The Morgan fingerprint density at radius 3 is 2.89 bits per heavy atom. The van der Waals surface area contributed by atoms with Crippen LogP contribution in [0.25, 0.3) is 0 Å². The smallest absolute Gasteiger partial charge is 0.138 e. The quantitative estimate of drug-likeness (QED) is 0.824. The molecular weight excluding hydrogens is 228 g/mol. The molecule has 0 N–H and O–H groups in total. The first-order valence-corrected chi connectivity index (χ1v) is 5.43. The SMILES string of the molecule is COc1ccc(C#N)cc1COc1cccnc1. The van der Waals surface area contributed by atoms with Gasteiger partial charge in [0, 0.05) is 11.8 Å². The molecular formula is C14H12N2O2. The molecule has 0 saturated heterocycles. The van der Waals surface area contributed by atoms with Gasteiger partial charge in [-0.2, -0.15) is 5.26 Å². The van der Waals surface area contributed by atoms with Gasteiger partial charge in [0.25, 0.3) is 0 Å². The highest BCUT2D eigenvalue weighted by Crippen LogP contribution is 2.21. The Morgan fingerprint density at radius 2 is 2.22 bits per heavy atom. The van der Waals surface area contributed by atoms with Crippen LogP contribution in [0.2, 0.25) is 0 Å². The zero-order valence-corrected chi connectivity index (χ0v) is 9.96. The van der Waals surface area contributed by atoms with E-state index in [9.17, 15) is 0 Å². The molecule has 2 aromatic rings. The first-order valence-electron chi connectivity index (χ1n) is 5.43. The third-order valence-electron chi connectivity index (χ3n) is 2.44. The van der Waals surface area contributed by atoms with E-state index >= 15 is 0 Å². The summed E-state index contributed by atoms with van der Waals surface area (Å²) in [6.45, 7) is 0.338. The van der Waals surface area contributed by atoms with E-state index in [-0.39, 0.29) is 0 Å². The van der Waals surface area contributed by atoms with E-state index < -0.39 is 0 Å². The molecule has 2 rings (SSSR count). The lowest BCUT2D eigenvalue weighted by molar-refractivity contribution is 0.295. The van der Waals surface area contributed by atoms with Gasteiger partial charge in [-0.3, -0.25) is 4.98 Å². The molecule has 1 heterocycles. The van der Waals surface area contributed by atoms with Crippen molar-refractivity contribution in [1.29, 1.82) is 5.26 Å². The van der Waals surface area contributed by atoms with Gasteiger partial charge in [0.15, 0.2) is 0 Å². The molecule has 1 aromatic heterocycles. The maximum absolute atomic E-state index is 8.87. The van der Waals surface area contributed by atoms with Crippen molar-refractivity contribution in [2.45, 2.75) is 6.61 Å². The number of rotatable bonds is 4. The molecule has 1 aromatic carbocycles. The van der Waals surface area contributed by atoms with Gasteiger partial charge in [0.2, 0.25) is 0 Å². The Morgan fingerprint density at radius 1 is 1.33 bits per heavy atom. The van der Waals surface area contributed by atoms with E-state index in [0.717, 1.165) is 5.56 Å². The third-order valence-corrected chi connectivity index (χ3v) is 2.44. The van der Waals surface area contributed by atoms with Gasteiger partial charge in [0.05, 0.1) is 24.9 Å². The summed E-state index contributed by atoms with van der Waals surface area (Å²) in [5.74, 6) is 1.39. The molecule has 90 valence electrons. The van der Waals surface area contributed by atoms with Gasteiger partial charge in [0.1, 0.15) is 18.1 Å². The number of hydrogen-bond donors (Lipinski definition) is 0. The Balaban J connectivity index is 2.15. The monoisotopic (exact) mass is 240 g/mol. The van der Waals surface area contributed by atoms with Crippen LogP contribution in [0.4, 0.5) is 0 Å². The summed E-state index contributed by atoms with van der Waals surface area (Å²) >= 11 is 0. The van der Waals surface area contributed by atoms with E-state index in [0.29, 0.717) is 23.7 Å². The molecule has 0 radical (unpaired) electrons. The van der Waals surface area contributed by atoms with Crippen molar-refractivity contribution in [3.05, 3.63) is 53.9 Å². The summed E-state index contributed by atoms with van der Waals surface area (Å²) in [7, 11) is 1.59. The molecule has 0 aliphatic rings. The summed E-state index contributed by atoms with van der Waals surface area (Å²) in [6.07, 6.45) is 3.32. The summed E-state index contributed by atoms with van der Waals surface area (Å²) in [5, 5.41) is 8.87. The topological polar surface area (TPSA) is 55.1 Å². The summed E-state index contributed by atoms with van der Waals surface area (Å²) < 4.78 is 10.8. The molecule has 0 amide bonds. The van der Waals surface area contributed by atoms with Gasteiger partial charge in [-0.1, -0.05) is 0 Å². The van der Waals surface area contributed by atoms with Crippen LogP contribution in [0.1, 0.15) is 11.1 Å². The highest BCUT2D eigenvalue weighted by Gasteiger charge is 2.05. The predicted molar refractivity (Wildman–Crippen MR) is 66.3 cm³/mol. The zero-order chi connectivity index (χ0) is 12.8. The Bertz CT molecular complexity index is 562. The molecule has 4 heteroatoms. The van der Waals surface area contributed by atoms with E-state index in [1.54, 1.807) is 43.8 Å². The normalized spacial score (nSPS) is 9.56. The van der Waals surface area contributed by atoms with Crippen LogP contribution in [-0.2, 0) is 6.61 Å². The van der Waals surface area contributed by atoms with Crippen molar-refractivity contribution in [2.75, 3.05) is 7.11 Å². The van der Waals surface area contributed by atoms with E-state index in [4.69, 9.17) is 14.7 Å². The Kier molecular flexibility index (Phi) is 3.77. The summed E-state index contributed by atoms with van der Waals surface area (Å²) in [4.78, 5) is 3.96. The molecule has 0 spiro atoms. The van der Waals surface area contributed by atoms with E-state index in [1.165, 1.54) is 0 Å². The second-order valence-corrected chi connectivity index (χ2v) is 3.62. The number of hydrogen-bond acceptors (Lipinski definition) is 4. The Labute approximate surface area is 105 Å². The fourth-order valence-corrected chi connectivity index (χ4v) is 1.55. The van der Waals surface area contributed by atoms with Gasteiger partial charge in [-0.15, -0.1) is 0 Å². The molecule has 0 saturated carbocycles. The molecule has 0 bridgehead atoms. The highest BCUT2D eigenvalue weighted by molar-refractivity contribution is 5.41. The minimum Gasteiger partial charge on any atom is -0.496 e. The first kappa shape index (κ1) is 11.9. The van der Waals surface area contributed by atoms with Crippen LogP contribution in [0, 0.1) is 11.3 Å². The first-order chi connectivity index (χ1) is 8.83. The van der Waals surface area contributed by atoms with Crippen molar-refractivity contribution in [2.24, 2.45) is 0 Å². The number of aromatic nitrogens is 1. The van der Waals surface area contributed by atoms with Gasteiger partial charge in [-0.05, 0) is 30.3 Å². The third kappa shape index (κ3) is 2.77. The fourth-order valence-electron chi connectivity index (χ4n) is 1.55. The van der Waals surface area contributed by atoms with Crippen LogP contribution < -0.4 is 9.47 Å². The van der Waals surface area contributed by atoms with Gasteiger partial charge >= 0.3 is 0 Å². The number of methoxy groups -OCH3 is 1. The molecule has 0 aliphatic carbocycles. The lowest BCUT2D eigenvalue weighted by atomic mass is 10.1. The maximum Gasteiger partial charge on any atom is 0.138 e. The van der Waals surface area contributed by atoms with E-state index in [2.05, 4.69) is 11.1 Å². The van der Waals surface area contributed by atoms with Crippen molar-refractivity contribution in [3.63, 3.8) is 0 Å². The lowest BCUT2D eigenvalue weighted by Gasteiger charge is -2.10. The van der Waals surface area contributed by atoms with E-state index in [1.807, 2.05) is 6.07 Å². The van der Waals surface area contributed by atoms with Crippen molar-refractivity contribution >= 4 is 0 Å². The number of pyridine rings is 1. The number of nitrogens with zero attached hydrogens (tertiary/aromatic N) is 2. The lowest BCUT2D eigenvalue weighted by Crippen LogP contribution is -1.99. The predicted octanol–water partition coefficient (Wildman–Crippen LogP) is 2.54. The molecule has 0 atom stereocenters. The van der Waals surface area contributed by atoms with Crippen LogP contribution in [0.3, 0.4) is 0 Å². The number of ether oxygens (including phenoxy) is 2. The second kappa shape index (κ2) is 5.69. The fraction of sp³-hybridized carbons (Fsp3) is 0.143. The summed E-state index contributed by atoms with van der Waals surface area (Å²) in [5.41, 5.74) is 1.42. The molecule has 4 nitrogen and oxygen atoms in total. The zero-order valence-electron chi connectivity index (χ0n) is 9.96. The molecule has 18 heavy (non-hydrogen) atoms. The minimum absolute atomic E-state index is 0.338. The number of benzene rings is 1.